The lowest BCUT2D eigenvalue weighted by atomic mass is 10.2. The topological polar surface area (TPSA) is 119 Å². The Morgan fingerprint density at radius 1 is 1.13 bits per heavy atom. The summed E-state index contributed by atoms with van der Waals surface area (Å²) >= 11 is 1.18. The van der Waals surface area contributed by atoms with Crippen molar-refractivity contribution in [2.24, 2.45) is 0 Å². The van der Waals surface area contributed by atoms with E-state index in [0.717, 1.165) is 9.87 Å². The van der Waals surface area contributed by atoms with Gasteiger partial charge in [0.2, 0.25) is 11.0 Å². The molecule has 0 saturated carbocycles. The summed E-state index contributed by atoms with van der Waals surface area (Å²) in [5.74, 6) is -0.382. The molecule has 1 N–H and O–H groups in total. The number of nitrogens with zero attached hydrogens (tertiary/aromatic N) is 3. The van der Waals surface area contributed by atoms with Crippen molar-refractivity contribution in [2.45, 2.75) is 11.3 Å². The van der Waals surface area contributed by atoms with E-state index in [2.05, 4.69) is 15.5 Å². The maximum Gasteiger partial charge on any atom is 0.269 e. The molecule has 1 aliphatic rings. The highest BCUT2D eigenvalue weighted by atomic mass is 32.2. The van der Waals surface area contributed by atoms with E-state index in [1.807, 2.05) is 12.1 Å². The van der Waals surface area contributed by atoms with Crippen LogP contribution in [0, 0.1) is 0 Å². The zero-order chi connectivity index (χ0) is 21.3. The standard InChI is InChI=1S/C19H16N4O5S2/c1-28-13-8-6-12(7-9-13)17-21-22-19(29-17)20-16(24)10-11-23-18(25)14-4-2-3-5-15(14)30(23,26)27/h2-9H,10-11H2,1H3,(H,20,22,24). The van der Waals surface area contributed by atoms with Gasteiger partial charge in [-0.05, 0) is 36.4 Å². The molecule has 2 amide bonds. The van der Waals surface area contributed by atoms with Gasteiger partial charge in [-0.1, -0.05) is 23.5 Å². The summed E-state index contributed by atoms with van der Waals surface area (Å²) in [5.41, 5.74) is 0.937. The highest BCUT2D eigenvalue weighted by Crippen LogP contribution is 2.30. The van der Waals surface area contributed by atoms with Gasteiger partial charge in [0, 0.05) is 18.5 Å². The Hall–Kier alpha value is -3.31. The van der Waals surface area contributed by atoms with E-state index >= 15 is 0 Å². The molecule has 154 valence electrons. The number of methoxy groups -OCH3 is 1. The first kappa shape index (κ1) is 20.0. The fourth-order valence-electron chi connectivity index (χ4n) is 2.96. The molecule has 0 bridgehead atoms. The molecule has 9 nitrogen and oxygen atoms in total. The van der Waals surface area contributed by atoms with Crippen LogP contribution in [0.5, 0.6) is 5.75 Å². The molecule has 1 aromatic heterocycles. The van der Waals surface area contributed by atoms with Gasteiger partial charge in [-0.2, -0.15) is 0 Å². The average Bonchev–Trinajstić information content (AvgIpc) is 3.28. The number of hydrogen-bond acceptors (Lipinski definition) is 8. The molecule has 1 aliphatic heterocycles. The number of carbonyl (C=O) groups excluding carboxylic acids is 2. The monoisotopic (exact) mass is 444 g/mol. The molecule has 0 saturated heterocycles. The van der Waals surface area contributed by atoms with Crippen molar-refractivity contribution in [3.63, 3.8) is 0 Å². The smallest absolute Gasteiger partial charge is 0.269 e. The Kier molecular flexibility index (Phi) is 5.22. The third-order valence-electron chi connectivity index (χ3n) is 4.46. The summed E-state index contributed by atoms with van der Waals surface area (Å²) in [7, 11) is -2.36. The van der Waals surface area contributed by atoms with Crippen molar-refractivity contribution in [2.75, 3.05) is 19.0 Å². The van der Waals surface area contributed by atoms with E-state index < -0.39 is 21.8 Å². The minimum Gasteiger partial charge on any atom is -0.497 e. The van der Waals surface area contributed by atoms with Gasteiger partial charge >= 0.3 is 0 Å². The van der Waals surface area contributed by atoms with Crippen LogP contribution in [0.2, 0.25) is 0 Å². The molecule has 0 fully saturated rings. The van der Waals surface area contributed by atoms with Crippen LogP contribution in [0.1, 0.15) is 16.8 Å². The van der Waals surface area contributed by atoms with Crippen LogP contribution in [0.25, 0.3) is 10.6 Å². The number of anilines is 1. The predicted molar refractivity (Wildman–Crippen MR) is 110 cm³/mol. The average molecular weight is 444 g/mol. The van der Waals surface area contributed by atoms with Crippen molar-refractivity contribution in [3.05, 3.63) is 54.1 Å². The summed E-state index contributed by atoms with van der Waals surface area (Å²) in [6.07, 6.45) is -0.198. The number of nitrogens with one attached hydrogen (secondary N) is 1. The Bertz CT molecular complexity index is 1220. The molecule has 0 unspecified atom stereocenters. The van der Waals surface area contributed by atoms with E-state index in [9.17, 15) is 18.0 Å². The Labute approximate surface area is 176 Å². The minimum absolute atomic E-state index is 0.0383. The van der Waals surface area contributed by atoms with Crippen molar-refractivity contribution in [3.8, 4) is 16.3 Å². The van der Waals surface area contributed by atoms with E-state index in [0.29, 0.717) is 10.8 Å². The van der Waals surface area contributed by atoms with Gasteiger partial charge in [0.1, 0.15) is 15.7 Å². The molecule has 30 heavy (non-hydrogen) atoms. The second-order valence-corrected chi connectivity index (χ2v) is 9.13. The molecule has 4 rings (SSSR count). The van der Waals surface area contributed by atoms with E-state index in [1.54, 1.807) is 31.4 Å². The van der Waals surface area contributed by atoms with E-state index in [1.165, 1.54) is 23.5 Å². The second kappa shape index (κ2) is 7.84. The number of ether oxygens (including phenoxy) is 1. The number of carbonyl (C=O) groups is 2. The summed E-state index contributed by atoms with van der Waals surface area (Å²) in [6.45, 7) is -0.258. The van der Waals surface area contributed by atoms with Crippen molar-refractivity contribution < 1.29 is 22.7 Å². The number of benzene rings is 2. The van der Waals surface area contributed by atoms with E-state index in [-0.39, 0.29) is 28.6 Å². The van der Waals surface area contributed by atoms with E-state index in [4.69, 9.17) is 4.74 Å². The molecule has 2 aromatic carbocycles. The van der Waals surface area contributed by atoms with Crippen LogP contribution in [0.15, 0.2) is 53.4 Å². The zero-order valence-electron chi connectivity index (χ0n) is 15.7. The molecule has 3 aromatic rings. The summed E-state index contributed by atoms with van der Waals surface area (Å²) in [4.78, 5) is 24.6. The van der Waals surface area contributed by atoms with Gasteiger partial charge in [0.25, 0.3) is 15.9 Å². The fraction of sp³-hybridized carbons (Fsp3) is 0.158. The summed E-state index contributed by atoms with van der Waals surface area (Å²) in [6, 6.07) is 13.2. The first-order chi connectivity index (χ1) is 14.4. The normalized spacial score (nSPS) is 14.4. The van der Waals surface area contributed by atoms with Crippen LogP contribution in [0.4, 0.5) is 5.13 Å². The molecule has 2 heterocycles. The Morgan fingerprint density at radius 3 is 2.57 bits per heavy atom. The van der Waals surface area contributed by atoms with Gasteiger partial charge in [-0.25, -0.2) is 12.7 Å². The summed E-state index contributed by atoms with van der Waals surface area (Å²) in [5, 5.41) is 11.5. The predicted octanol–water partition coefficient (Wildman–Crippen LogP) is 2.39. The second-order valence-electron chi connectivity index (χ2n) is 6.32. The third-order valence-corrected chi connectivity index (χ3v) is 7.19. The first-order valence-electron chi connectivity index (χ1n) is 8.84. The highest BCUT2D eigenvalue weighted by molar-refractivity contribution is 7.90. The minimum atomic E-state index is -3.93. The van der Waals surface area contributed by atoms with Gasteiger partial charge in [0.05, 0.1) is 12.7 Å². The number of sulfonamides is 1. The highest BCUT2D eigenvalue weighted by Gasteiger charge is 2.40. The van der Waals surface area contributed by atoms with Crippen molar-refractivity contribution >= 4 is 38.3 Å². The van der Waals surface area contributed by atoms with Crippen LogP contribution in [0.3, 0.4) is 0 Å². The maximum atomic E-state index is 12.5. The van der Waals surface area contributed by atoms with Gasteiger partial charge in [-0.15, -0.1) is 10.2 Å². The van der Waals surface area contributed by atoms with Gasteiger partial charge in [-0.3, -0.25) is 9.59 Å². The van der Waals surface area contributed by atoms with Crippen LogP contribution in [-0.4, -0.2) is 48.4 Å². The van der Waals surface area contributed by atoms with Gasteiger partial charge in [0.15, 0.2) is 0 Å². The molecule has 0 aliphatic carbocycles. The lowest BCUT2D eigenvalue weighted by Gasteiger charge is -2.14. The first-order valence-corrected chi connectivity index (χ1v) is 11.1. The van der Waals surface area contributed by atoms with Crippen LogP contribution < -0.4 is 10.1 Å². The lowest BCUT2D eigenvalue weighted by molar-refractivity contribution is -0.116. The molecular formula is C19H16N4O5S2. The number of aromatic nitrogens is 2. The quantitative estimate of drug-likeness (QED) is 0.620. The number of hydrogen-bond donors (Lipinski definition) is 1. The van der Waals surface area contributed by atoms with Crippen molar-refractivity contribution in [1.29, 1.82) is 0 Å². The zero-order valence-corrected chi connectivity index (χ0v) is 17.4. The number of fused-ring (bicyclic) bond motifs is 1. The lowest BCUT2D eigenvalue weighted by Crippen LogP contribution is -2.33. The molecule has 11 heteroatoms. The molecule has 0 radical (unpaired) electrons. The van der Waals surface area contributed by atoms with Crippen molar-refractivity contribution in [1.82, 2.24) is 14.5 Å². The number of rotatable bonds is 6. The fourth-order valence-corrected chi connectivity index (χ4v) is 5.30. The summed E-state index contributed by atoms with van der Waals surface area (Å²) < 4.78 is 30.9. The maximum absolute atomic E-state index is 12.5. The SMILES string of the molecule is COc1ccc(-c2nnc(NC(=O)CCN3C(=O)c4ccccc4S3(=O)=O)s2)cc1. The molecule has 0 spiro atoms. The molecule has 0 atom stereocenters. The van der Waals surface area contributed by atoms with Gasteiger partial charge < -0.3 is 10.1 Å². The van der Waals surface area contributed by atoms with Crippen LogP contribution in [-0.2, 0) is 14.8 Å². The Morgan fingerprint density at radius 2 is 1.87 bits per heavy atom. The molecular weight excluding hydrogens is 428 g/mol. The largest absolute Gasteiger partial charge is 0.497 e. The van der Waals surface area contributed by atoms with Crippen LogP contribution >= 0.6 is 11.3 Å². The Balaban J connectivity index is 1.39. The number of amides is 2. The third kappa shape index (κ3) is 3.64.